The van der Waals surface area contributed by atoms with Crippen molar-refractivity contribution in [3.63, 3.8) is 0 Å². The summed E-state index contributed by atoms with van der Waals surface area (Å²) >= 11 is 0. The summed E-state index contributed by atoms with van der Waals surface area (Å²) in [7, 11) is 1.65. The Kier molecular flexibility index (Phi) is 7.21. The first-order chi connectivity index (χ1) is 15.2. The molecule has 2 fully saturated rings. The van der Waals surface area contributed by atoms with Crippen LogP contribution in [0.2, 0.25) is 0 Å². The van der Waals surface area contributed by atoms with Crippen LogP contribution in [0.25, 0.3) is 5.70 Å². The molecule has 1 aliphatic carbocycles. The molecule has 31 heavy (non-hydrogen) atoms. The standard InChI is InChI=1S/C24H33N3O4/c1-3-30-22-14-18-17-6-4-5-7-20(17)26-24(19(18)15-21(22)28-2)23(16-25)31-13-10-27-8-11-29-12-9-27/h14-15,17,20,26H,3-13H2,1-2H3/b24-23+. The van der Waals surface area contributed by atoms with Gasteiger partial charge in [-0.05, 0) is 37.5 Å². The van der Waals surface area contributed by atoms with Crippen LogP contribution < -0.4 is 14.8 Å². The SMILES string of the molecule is CCOc1cc2c(cc1OC)/C(=C(/C#N)OCCN1CCOCC1)NC1CCCCC21. The van der Waals surface area contributed by atoms with Crippen LogP contribution in [0.3, 0.4) is 0 Å². The van der Waals surface area contributed by atoms with E-state index in [1.54, 1.807) is 7.11 Å². The largest absolute Gasteiger partial charge is 0.493 e. The first-order valence-corrected chi connectivity index (χ1v) is 11.4. The highest BCUT2D eigenvalue weighted by Crippen LogP contribution is 2.45. The molecule has 2 heterocycles. The van der Waals surface area contributed by atoms with E-state index in [4.69, 9.17) is 18.9 Å². The quantitative estimate of drug-likeness (QED) is 0.529. The van der Waals surface area contributed by atoms with Crippen molar-refractivity contribution in [2.75, 3.05) is 53.2 Å². The second-order valence-corrected chi connectivity index (χ2v) is 8.28. The fraction of sp³-hybridized carbons (Fsp3) is 0.625. The van der Waals surface area contributed by atoms with Gasteiger partial charge in [0.25, 0.3) is 0 Å². The summed E-state index contributed by atoms with van der Waals surface area (Å²) in [6, 6.07) is 6.72. The lowest BCUT2D eigenvalue weighted by atomic mass is 9.75. The number of nitrogens with one attached hydrogen (secondary N) is 1. The Morgan fingerprint density at radius 2 is 2.03 bits per heavy atom. The molecular weight excluding hydrogens is 394 g/mol. The summed E-state index contributed by atoms with van der Waals surface area (Å²) in [6.07, 6.45) is 4.65. The number of morpholine rings is 1. The molecule has 7 heteroatoms. The lowest BCUT2D eigenvalue weighted by molar-refractivity contribution is 0.0283. The summed E-state index contributed by atoms with van der Waals surface area (Å²) in [5, 5.41) is 13.6. The average Bonchev–Trinajstić information content (AvgIpc) is 2.82. The van der Waals surface area contributed by atoms with Gasteiger partial charge in [-0.2, -0.15) is 5.26 Å². The zero-order chi connectivity index (χ0) is 21.6. The maximum atomic E-state index is 9.94. The Hall–Kier alpha value is -2.43. The lowest BCUT2D eigenvalue weighted by Gasteiger charge is -2.40. The van der Waals surface area contributed by atoms with Crippen LogP contribution in [0.4, 0.5) is 0 Å². The third-order valence-electron chi connectivity index (χ3n) is 6.49. The Morgan fingerprint density at radius 1 is 1.23 bits per heavy atom. The molecule has 3 aliphatic rings. The maximum Gasteiger partial charge on any atom is 0.221 e. The van der Waals surface area contributed by atoms with Crippen molar-refractivity contribution in [3.8, 4) is 17.6 Å². The Morgan fingerprint density at radius 3 is 2.77 bits per heavy atom. The number of benzene rings is 1. The van der Waals surface area contributed by atoms with E-state index in [9.17, 15) is 5.26 Å². The lowest BCUT2D eigenvalue weighted by Crippen LogP contribution is -2.41. The molecule has 1 N–H and O–H groups in total. The minimum Gasteiger partial charge on any atom is -0.493 e. The molecule has 1 aromatic carbocycles. The molecule has 0 radical (unpaired) electrons. The molecule has 2 atom stereocenters. The highest BCUT2D eigenvalue weighted by molar-refractivity contribution is 5.76. The molecule has 0 amide bonds. The second kappa shape index (κ2) is 10.3. The summed E-state index contributed by atoms with van der Waals surface area (Å²) in [5.74, 6) is 2.21. The normalized spacial score (nSPS) is 24.8. The van der Waals surface area contributed by atoms with E-state index in [1.165, 1.54) is 18.4 Å². The van der Waals surface area contributed by atoms with Crippen molar-refractivity contribution in [3.05, 3.63) is 29.0 Å². The third-order valence-corrected chi connectivity index (χ3v) is 6.49. The molecule has 2 unspecified atom stereocenters. The maximum absolute atomic E-state index is 9.94. The number of methoxy groups -OCH3 is 1. The smallest absolute Gasteiger partial charge is 0.221 e. The highest BCUT2D eigenvalue weighted by atomic mass is 16.5. The molecule has 1 saturated heterocycles. The molecular formula is C24H33N3O4. The number of rotatable bonds is 7. The van der Waals surface area contributed by atoms with Crippen LogP contribution in [0.1, 0.15) is 49.7 Å². The van der Waals surface area contributed by atoms with Gasteiger partial charge in [0.05, 0.1) is 32.6 Å². The zero-order valence-electron chi connectivity index (χ0n) is 18.6. The highest BCUT2D eigenvalue weighted by Gasteiger charge is 2.36. The molecule has 7 nitrogen and oxygen atoms in total. The monoisotopic (exact) mass is 427 g/mol. The van der Waals surface area contributed by atoms with Crippen LogP contribution in [0.15, 0.2) is 17.9 Å². The number of hydrogen-bond acceptors (Lipinski definition) is 7. The fourth-order valence-corrected chi connectivity index (χ4v) is 4.92. The van der Waals surface area contributed by atoms with Gasteiger partial charge in [0.1, 0.15) is 12.7 Å². The Labute approximate surface area is 184 Å². The molecule has 1 saturated carbocycles. The van der Waals surface area contributed by atoms with E-state index < -0.39 is 0 Å². The van der Waals surface area contributed by atoms with E-state index in [-0.39, 0.29) is 0 Å². The summed E-state index contributed by atoms with van der Waals surface area (Å²) in [4.78, 5) is 2.31. The molecule has 0 spiro atoms. The summed E-state index contributed by atoms with van der Waals surface area (Å²) < 4.78 is 22.9. The number of fused-ring (bicyclic) bond motifs is 3. The van der Waals surface area contributed by atoms with Crippen LogP contribution >= 0.6 is 0 Å². The first-order valence-electron chi connectivity index (χ1n) is 11.4. The van der Waals surface area contributed by atoms with Crippen molar-refractivity contribution in [1.82, 2.24) is 10.2 Å². The fourth-order valence-electron chi connectivity index (χ4n) is 4.92. The number of ether oxygens (including phenoxy) is 4. The molecule has 1 aromatic rings. The van der Waals surface area contributed by atoms with E-state index >= 15 is 0 Å². The van der Waals surface area contributed by atoms with Crippen LogP contribution in [-0.2, 0) is 9.47 Å². The van der Waals surface area contributed by atoms with Gasteiger partial charge in [0.2, 0.25) is 5.76 Å². The first kappa shape index (κ1) is 21.8. The number of hydrogen-bond donors (Lipinski definition) is 1. The molecule has 0 bridgehead atoms. The second-order valence-electron chi connectivity index (χ2n) is 8.28. The number of nitrogens with zero attached hydrogens (tertiary/aromatic N) is 2. The molecule has 168 valence electrons. The van der Waals surface area contributed by atoms with Crippen LogP contribution in [0.5, 0.6) is 11.5 Å². The topological polar surface area (TPSA) is 76.0 Å². The molecule has 2 aliphatic heterocycles. The van der Waals surface area contributed by atoms with Gasteiger partial charge in [0.15, 0.2) is 11.5 Å². The predicted molar refractivity (Wildman–Crippen MR) is 118 cm³/mol. The Bertz CT molecular complexity index is 842. The minimum absolute atomic E-state index is 0.310. The zero-order valence-corrected chi connectivity index (χ0v) is 18.6. The van der Waals surface area contributed by atoms with Crippen LogP contribution in [0, 0.1) is 11.3 Å². The average molecular weight is 428 g/mol. The summed E-state index contributed by atoms with van der Waals surface area (Å²) in [5.41, 5.74) is 3.00. The van der Waals surface area contributed by atoms with E-state index in [1.807, 2.05) is 13.0 Å². The van der Waals surface area contributed by atoms with Crippen molar-refractivity contribution in [2.45, 2.75) is 44.6 Å². The number of nitriles is 1. The van der Waals surface area contributed by atoms with Gasteiger partial charge < -0.3 is 24.3 Å². The summed E-state index contributed by atoms with van der Waals surface area (Å²) in [6.45, 7) is 7.15. The van der Waals surface area contributed by atoms with Gasteiger partial charge in [-0.25, -0.2) is 0 Å². The van der Waals surface area contributed by atoms with E-state index in [0.29, 0.717) is 36.7 Å². The molecule has 0 aromatic heterocycles. The van der Waals surface area contributed by atoms with Gasteiger partial charge >= 0.3 is 0 Å². The van der Waals surface area contributed by atoms with E-state index in [0.717, 1.165) is 62.7 Å². The van der Waals surface area contributed by atoms with Gasteiger partial charge in [-0.1, -0.05) is 12.8 Å². The van der Waals surface area contributed by atoms with Crippen molar-refractivity contribution < 1.29 is 18.9 Å². The van der Waals surface area contributed by atoms with Gasteiger partial charge in [0, 0.05) is 37.2 Å². The van der Waals surface area contributed by atoms with Crippen LogP contribution in [-0.4, -0.2) is 64.1 Å². The Balaban J connectivity index is 1.65. The van der Waals surface area contributed by atoms with Gasteiger partial charge in [-0.15, -0.1) is 0 Å². The third kappa shape index (κ3) is 4.76. The van der Waals surface area contributed by atoms with Gasteiger partial charge in [-0.3, -0.25) is 4.90 Å². The van der Waals surface area contributed by atoms with Crippen molar-refractivity contribution in [2.24, 2.45) is 0 Å². The van der Waals surface area contributed by atoms with Crippen molar-refractivity contribution in [1.29, 1.82) is 5.26 Å². The van der Waals surface area contributed by atoms with Crippen molar-refractivity contribution >= 4 is 5.70 Å². The molecule has 4 rings (SSSR count). The van der Waals surface area contributed by atoms with E-state index in [2.05, 4.69) is 22.4 Å². The number of allylic oxidation sites excluding steroid dienone is 1. The minimum atomic E-state index is 0.310. The predicted octanol–water partition coefficient (Wildman–Crippen LogP) is 3.26.